The highest BCUT2D eigenvalue weighted by Crippen LogP contribution is 2.15. The van der Waals surface area contributed by atoms with Crippen molar-refractivity contribution in [1.82, 2.24) is 15.0 Å². The van der Waals surface area contributed by atoms with Gasteiger partial charge in [-0.15, -0.1) is 5.10 Å². The number of rotatable bonds is 3. The van der Waals surface area contributed by atoms with Gasteiger partial charge in [-0.3, -0.25) is 0 Å². The molecule has 0 aliphatic heterocycles. The van der Waals surface area contributed by atoms with Crippen molar-refractivity contribution in [3.63, 3.8) is 0 Å². The highest BCUT2D eigenvalue weighted by atomic mass is 16.3. The Morgan fingerprint density at radius 1 is 1.62 bits per heavy atom. The molecular formula is C8H15N3O2. The first-order chi connectivity index (χ1) is 5.89. The van der Waals surface area contributed by atoms with Crippen LogP contribution in [0.1, 0.15) is 26.5 Å². The second kappa shape index (κ2) is 3.43. The molecule has 1 heterocycles. The van der Waals surface area contributed by atoms with Crippen LogP contribution in [0.4, 0.5) is 0 Å². The fourth-order valence-corrected chi connectivity index (χ4v) is 0.939. The van der Waals surface area contributed by atoms with E-state index in [2.05, 4.69) is 10.3 Å². The number of aromatic nitrogens is 3. The van der Waals surface area contributed by atoms with E-state index in [0.29, 0.717) is 12.2 Å². The van der Waals surface area contributed by atoms with Gasteiger partial charge in [0.05, 0.1) is 18.8 Å². The molecule has 0 bridgehead atoms. The lowest BCUT2D eigenvalue weighted by Crippen LogP contribution is -2.16. The lowest BCUT2D eigenvalue weighted by molar-refractivity contribution is 0.0736. The Morgan fingerprint density at radius 3 is 2.62 bits per heavy atom. The molecule has 0 fully saturated rings. The van der Waals surface area contributed by atoms with E-state index in [1.165, 1.54) is 4.68 Å². The third kappa shape index (κ3) is 2.78. The number of aliphatic hydroxyl groups is 2. The van der Waals surface area contributed by atoms with E-state index in [1.807, 2.05) is 0 Å². The number of hydrogen-bond donors (Lipinski definition) is 2. The van der Waals surface area contributed by atoms with Crippen molar-refractivity contribution in [3.8, 4) is 0 Å². The molecule has 2 N–H and O–H groups in total. The summed E-state index contributed by atoms with van der Waals surface area (Å²) in [6.45, 7) is 5.35. The monoisotopic (exact) mass is 185 g/mol. The summed E-state index contributed by atoms with van der Waals surface area (Å²) in [4.78, 5) is 0. The van der Waals surface area contributed by atoms with Crippen LogP contribution < -0.4 is 0 Å². The van der Waals surface area contributed by atoms with Crippen LogP contribution in [-0.2, 0) is 12.1 Å². The highest BCUT2D eigenvalue weighted by molar-refractivity contribution is 5.02. The minimum Gasteiger partial charge on any atom is -0.391 e. The maximum atomic E-state index is 9.56. The maximum Gasteiger partial charge on any atom is 0.114 e. The Hall–Kier alpha value is -0.940. The molecule has 74 valence electrons. The molecule has 1 unspecified atom stereocenters. The molecule has 0 saturated carbocycles. The quantitative estimate of drug-likeness (QED) is 0.689. The van der Waals surface area contributed by atoms with Gasteiger partial charge in [-0.05, 0) is 20.8 Å². The molecule has 1 aromatic rings. The molecule has 0 spiro atoms. The molecule has 0 aliphatic rings. The van der Waals surface area contributed by atoms with Gasteiger partial charge in [0, 0.05) is 0 Å². The molecule has 0 amide bonds. The van der Waals surface area contributed by atoms with Crippen LogP contribution in [0, 0.1) is 0 Å². The Labute approximate surface area is 77.0 Å². The maximum absolute atomic E-state index is 9.56. The summed E-state index contributed by atoms with van der Waals surface area (Å²) >= 11 is 0. The summed E-state index contributed by atoms with van der Waals surface area (Å²) in [6.07, 6.45) is 1.17. The third-order valence-corrected chi connectivity index (χ3v) is 1.62. The molecule has 13 heavy (non-hydrogen) atoms. The molecule has 5 heteroatoms. The molecule has 0 radical (unpaired) electrons. The Bertz CT molecular complexity index is 275. The first-order valence-electron chi connectivity index (χ1n) is 4.20. The zero-order valence-electron chi connectivity index (χ0n) is 8.10. The van der Waals surface area contributed by atoms with E-state index in [4.69, 9.17) is 5.11 Å². The van der Waals surface area contributed by atoms with Gasteiger partial charge in [0.1, 0.15) is 11.3 Å². The molecule has 0 aromatic carbocycles. The van der Waals surface area contributed by atoms with Gasteiger partial charge in [0.15, 0.2) is 0 Å². The summed E-state index contributed by atoms with van der Waals surface area (Å²) in [5.41, 5.74) is -0.468. The van der Waals surface area contributed by atoms with Gasteiger partial charge in [0.25, 0.3) is 0 Å². The Morgan fingerprint density at radius 2 is 2.23 bits per heavy atom. The van der Waals surface area contributed by atoms with Crippen LogP contribution in [0.25, 0.3) is 0 Å². The SMILES string of the molecule is CC(O)Cn1cc(C(C)(C)O)nn1. The van der Waals surface area contributed by atoms with Crippen LogP contribution in [-0.4, -0.2) is 31.3 Å². The van der Waals surface area contributed by atoms with Gasteiger partial charge in [-0.1, -0.05) is 5.21 Å². The first-order valence-corrected chi connectivity index (χ1v) is 4.20. The predicted octanol–water partition coefficient (Wildman–Crippen LogP) is -0.114. The second-order valence-electron chi connectivity index (χ2n) is 3.73. The topological polar surface area (TPSA) is 71.2 Å². The Kier molecular flexibility index (Phi) is 2.68. The number of nitrogens with zero attached hydrogens (tertiary/aromatic N) is 3. The van der Waals surface area contributed by atoms with E-state index >= 15 is 0 Å². The van der Waals surface area contributed by atoms with Gasteiger partial charge < -0.3 is 10.2 Å². The average molecular weight is 185 g/mol. The largest absolute Gasteiger partial charge is 0.391 e. The summed E-state index contributed by atoms with van der Waals surface area (Å²) in [6, 6.07) is 0. The fraction of sp³-hybridized carbons (Fsp3) is 0.750. The summed E-state index contributed by atoms with van der Waals surface area (Å²) in [7, 11) is 0. The van der Waals surface area contributed by atoms with Crippen LogP contribution in [0.3, 0.4) is 0 Å². The van der Waals surface area contributed by atoms with Crippen LogP contribution in [0.2, 0.25) is 0 Å². The predicted molar refractivity (Wildman–Crippen MR) is 46.9 cm³/mol. The van der Waals surface area contributed by atoms with Crippen LogP contribution in [0.5, 0.6) is 0 Å². The third-order valence-electron chi connectivity index (χ3n) is 1.62. The van der Waals surface area contributed by atoms with Crippen molar-refractivity contribution in [3.05, 3.63) is 11.9 Å². The normalized spacial score (nSPS) is 14.5. The number of aliphatic hydroxyl groups excluding tert-OH is 1. The van der Waals surface area contributed by atoms with Crippen molar-refractivity contribution < 1.29 is 10.2 Å². The average Bonchev–Trinajstić information content (AvgIpc) is 2.32. The molecule has 0 saturated heterocycles. The molecular weight excluding hydrogens is 170 g/mol. The molecule has 1 rings (SSSR count). The minimum atomic E-state index is -0.975. The summed E-state index contributed by atoms with van der Waals surface area (Å²) < 4.78 is 1.51. The van der Waals surface area contributed by atoms with E-state index in [-0.39, 0.29) is 0 Å². The molecule has 0 aliphatic carbocycles. The van der Waals surface area contributed by atoms with Gasteiger partial charge in [-0.2, -0.15) is 0 Å². The lowest BCUT2D eigenvalue weighted by atomic mass is 10.1. The van der Waals surface area contributed by atoms with Gasteiger partial charge in [-0.25, -0.2) is 4.68 Å². The second-order valence-corrected chi connectivity index (χ2v) is 3.73. The summed E-state index contributed by atoms with van der Waals surface area (Å²) in [5, 5.41) is 26.2. The zero-order chi connectivity index (χ0) is 10.1. The van der Waals surface area contributed by atoms with E-state index in [0.717, 1.165) is 0 Å². The summed E-state index contributed by atoms with van der Waals surface area (Å²) in [5.74, 6) is 0. The van der Waals surface area contributed by atoms with Gasteiger partial charge >= 0.3 is 0 Å². The smallest absolute Gasteiger partial charge is 0.114 e. The van der Waals surface area contributed by atoms with E-state index < -0.39 is 11.7 Å². The van der Waals surface area contributed by atoms with Crippen molar-refractivity contribution >= 4 is 0 Å². The minimum absolute atomic E-state index is 0.392. The van der Waals surface area contributed by atoms with Gasteiger partial charge in [0.2, 0.25) is 0 Å². The van der Waals surface area contributed by atoms with Crippen molar-refractivity contribution in [2.75, 3.05) is 0 Å². The lowest BCUT2D eigenvalue weighted by Gasteiger charge is -2.11. The number of hydrogen-bond acceptors (Lipinski definition) is 4. The van der Waals surface area contributed by atoms with Crippen molar-refractivity contribution in [2.45, 2.75) is 39.0 Å². The first kappa shape index (κ1) is 10.1. The van der Waals surface area contributed by atoms with Crippen molar-refractivity contribution in [1.29, 1.82) is 0 Å². The van der Waals surface area contributed by atoms with E-state index in [1.54, 1.807) is 27.0 Å². The Balaban J connectivity index is 2.75. The van der Waals surface area contributed by atoms with Crippen molar-refractivity contribution in [2.24, 2.45) is 0 Å². The highest BCUT2D eigenvalue weighted by Gasteiger charge is 2.20. The van der Waals surface area contributed by atoms with Crippen LogP contribution in [0.15, 0.2) is 6.20 Å². The van der Waals surface area contributed by atoms with Crippen LogP contribution >= 0.6 is 0 Å². The standard InChI is InChI=1S/C8H15N3O2/c1-6(12)4-11-5-7(9-10-11)8(2,3)13/h5-6,12-13H,4H2,1-3H3. The fourth-order valence-electron chi connectivity index (χ4n) is 0.939. The zero-order valence-corrected chi connectivity index (χ0v) is 8.10. The van der Waals surface area contributed by atoms with E-state index in [9.17, 15) is 5.11 Å². The molecule has 1 atom stereocenters. The molecule has 1 aromatic heterocycles. The molecule has 5 nitrogen and oxygen atoms in total.